The monoisotopic (exact) mass is 337 g/mol. The minimum absolute atomic E-state index is 0.0169. The Labute approximate surface area is 145 Å². The van der Waals surface area contributed by atoms with Crippen molar-refractivity contribution in [2.75, 3.05) is 13.7 Å². The van der Waals surface area contributed by atoms with E-state index in [1.54, 1.807) is 36.5 Å². The first-order chi connectivity index (χ1) is 12.2. The third kappa shape index (κ3) is 3.75. The van der Waals surface area contributed by atoms with Crippen molar-refractivity contribution in [3.63, 3.8) is 0 Å². The molecule has 0 saturated carbocycles. The van der Waals surface area contributed by atoms with E-state index in [0.29, 0.717) is 12.2 Å². The Morgan fingerprint density at radius 3 is 2.72 bits per heavy atom. The first-order valence-electron chi connectivity index (χ1n) is 8.01. The van der Waals surface area contributed by atoms with Crippen molar-refractivity contribution < 1.29 is 14.4 Å². The van der Waals surface area contributed by atoms with Gasteiger partial charge in [-0.05, 0) is 24.1 Å². The second-order valence-corrected chi connectivity index (χ2v) is 5.67. The molecule has 1 N–H and O–H groups in total. The van der Waals surface area contributed by atoms with Gasteiger partial charge in [0.2, 0.25) is 0 Å². The van der Waals surface area contributed by atoms with Crippen molar-refractivity contribution in [2.45, 2.75) is 12.5 Å². The zero-order chi connectivity index (χ0) is 17.6. The lowest BCUT2D eigenvalue weighted by Gasteiger charge is -2.27. The predicted molar refractivity (Wildman–Crippen MR) is 92.7 cm³/mol. The highest BCUT2D eigenvalue weighted by molar-refractivity contribution is 5.93. The van der Waals surface area contributed by atoms with Gasteiger partial charge in [-0.15, -0.1) is 0 Å². The number of hydrogen-bond donors (Lipinski definition) is 1. The van der Waals surface area contributed by atoms with E-state index in [2.05, 4.69) is 10.1 Å². The smallest absolute Gasteiger partial charge is 0.276 e. The third-order valence-corrected chi connectivity index (χ3v) is 4.05. The Morgan fingerprint density at radius 1 is 1.24 bits per heavy atom. The Kier molecular flexibility index (Phi) is 5.20. The summed E-state index contributed by atoms with van der Waals surface area (Å²) in [6.07, 6.45) is 3.76. The van der Waals surface area contributed by atoms with E-state index in [-0.39, 0.29) is 24.2 Å². The van der Waals surface area contributed by atoms with Gasteiger partial charge in [0.1, 0.15) is 0 Å². The van der Waals surface area contributed by atoms with Crippen LogP contribution in [0.5, 0.6) is 0 Å². The maximum Gasteiger partial charge on any atom is 0.276 e. The minimum Gasteiger partial charge on any atom is -0.396 e. The topological polar surface area (TPSA) is 79.5 Å². The molecule has 6 nitrogen and oxygen atoms in total. The number of carbonyl (C=O) groups excluding carboxylic acids is 1. The van der Waals surface area contributed by atoms with Gasteiger partial charge >= 0.3 is 0 Å². The summed E-state index contributed by atoms with van der Waals surface area (Å²) in [5.41, 5.74) is 1.94. The number of aliphatic hydroxyl groups excluding tert-OH is 1. The fourth-order valence-electron chi connectivity index (χ4n) is 2.72. The number of carbonyl (C=O) groups is 1. The van der Waals surface area contributed by atoms with Crippen LogP contribution in [0.25, 0.3) is 11.3 Å². The van der Waals surface area contributed by atoms with Gasteiger partial charge in [0, 0.05) is 37.7 Å². The molecule has 1 unspecified atom stereocenters. The van der Waals surface area contributed by atoms with Crippen LogP contribution in [-0.2, 0) is 0 Å². The molecule has 3 rings (SSSR count). The maximum atomic E-state index is 12.8. The number of pyridine rings is 1. The molecule has 0 aliphatic heterocycles. The standard InChI is InChI=1S/C19H19N3O3/c1-22(17(9-11-23)14-6-3-2-4-7-14)19(24)16-12-18(25-21-16)15-8-5-10-20-13-15/h2-8,10,12-13,17,23H,9,11H2,1H3. The van der Waals surface area contributed by atoms with Crippen LogP contribution in [0.1, 0.15) is 28.5 Å². The molecule has 0 aliphatic carbocycles. The predicted octanol–water partition coefficient (Wildman–Crippen LogP) is 2.93. The third-order valence-electron chi connectivity index (χ3n) is 4.05. The summed E-state index contributed by atoms with van der Waals surface area (Å²) in [4.78, 5) is 18.4. The van der Waals surface area contributed by atoms with Crippen LogP contribution in [-0.4, -0.2) is 39.7 Å². The van der Waals surface area contributed by atoms with Gasteiger partial charge in [-0.25, -0.2) is 0 Å². The van der Waals surface area contributed by atoms with E-state index < -0.39 is 0 Å². The van der Waals surface area contributed by atoms with Gasteiger partial charge < -0.3 is 14.5 Å². The van der Waals surface area contributed by atoms with Gasteiger partial charge in [-0.3, -0.25) is 9.78 Å². The fraction of sp³-hybridized carbons (Fsp3) is 0.211. The summed E-state index contributed by atoms with van der Waals surface area (Å²) < 4.78 is 5.28. The second-order valence-electron chi connectivity index (χ2n) is 5.67. The van der Waals surface area contributed by atoms with Crippen LogP contribution in [0.2, 0.25) is 0 Å². The lowest BCUT2D eigenvalue weighted by molar-refractivity contribution is 0.0695. The largest absolute Gasteiger partial charge is 0.396 e. The number of hydrogen-bond acceptors (Lipinski definition) is 5. The fourth-order valence-corrected chi connectivity index (χ4v) is 2.72. The molecule has 2 heterocycles. The van der Waals surface area contributed by atoms with Gasteiger partial charge in [0.15, 0.2) is 11.5 Å². The van der Waals surface area contributed by atoms with Crippen molar-refractivity contribution >= 4 is 5.91 Å². The number of rotatable bonds is 6. The molecule has 25 heavy (non-hydrogen) atoms. The molecule has 3 aromatic rings. The highest BCUT2D eigenvalue weighted by Gasteiger charge is 2.25. The number of amides is 1. The van der Waals surface area contributed by atoms with Crippen LogP contribution in [0, 0.1) is 0 Å². The first-order valence-corrected chi connectivity index (χ1v) is 8.01. The zero-order valence-corrected chi connectivity index (χ0v) is 13.9. The minimum atomic E-state index is -0.263. The van der Waals surface area contributed by atoms with Gasteiger partial charge in [0.25, 0.3) is 5.91 Å². The summed E-state index contributed by atoms with van der Waals surface area (Å²) in [7, 11) is 1.70. The van der Waals surface area contributed by atoms with E-state index >= 15 is 0 Å². The molecule has 0 radical (unpaired) electrons. The van der Waals surface area contributed by atoms with E-state index in [1.807, 2.05) is 36.4 Å². The molecule has 1 amide bonds. The van der Waals surface area contributed by atoms with Crippen LogP contribution < -0.4 is 0 Å². The molecule has 1 atom stereocenters. The Hall–Kier alpha value is -2.99. The number of aromatic nitrogens is 2. The molecule has 0 spiro atoms. The van der Waals surface area contributed by atoms with Crippen LogP contribution in [0.4, 0.5) is 0 Å². The van der Waals surface area contributed by atoms with Gasteiger partial charge in [-0.2, -0.15) is 0 Å². The van der Waals surface area contributed by atoms with Crippen LogP contribution in [0.3, 0.4) is 0 Å². The molecule has 0 fully saturated rings. The summed E-state index contributed by atoms with van der Waals surface area (Å²) >= 11 is 0. The molecule has 0 saturated heterocycles. The van der Waals surface area contributed by atoms with Crippen molar-refractivity contribution in [3.8, 4) is 11.3 Å². The first kappa shape index (κ1) is 16.9. The van der Waals surface area contributed by atoms with Gasteiger partial charge in [-0.1, -0.05) is 35.5 Å². The number of aliphatic hydroxyl groups is 1. The van der Waals surface area contributed by atoms with E-state index in [1.165, 1.54) is 0 Å². The molecular weight excluding hydrogens is 318 g/mol. The summed E-state index contributed by atoms with van der Waals surface area (Å²) in [5.74, 6) is 0.226. The normalized spacial score (nSPS) is 11.9. The van der Waals surface area contributed by atoms with Crippen molar-refractivity contribution in [1.29, 1.82) is 0 Å². The molecule has 2 aromatic heterocycles. The molecule has 0 bridgehead atoms. The molecule has 0 aliphatic rings. The SMILES string of the molecule is CN(C(=O)c1cc(-c2cccnc2)on1)C(CCO)c1ccccc1. The maximum absolute atomic E-state index is 12.8. The number of benzene rings is 1. The summed E-state index contributed by atoms with van der Waals surface area (Å²) in [5, 5.41) is 13.3. The lowest BCUT2D eigenvalue weighted by Crippen LogP contribution is -2.32. The van der Waals surface area contributed by atoms with Crippen LogP contribution >= 0.6 is 0 Å². The zero-order valence-electron chi connectivity index (χ0n) is 13.9. The summed E-state index contributed by atoms with van der Waals surface area (Å²) in [6.45, 7) is -0.0169. The van der Waals surface area contributed by atoms with E-state index in [0.717, 1.165) is 11.1 Å². The highest BCUT2D eigenvalue weighted by Crippen LogP contribution is 2.25. The van der Waals surface area contributed by atoms with E-state index in [4.69, 9.17) is 4.52 Å². The quantitative estimate of drug-likeness (QED) is 0.748. The molecule has 1 aromatic carbocycles. The molecule has 6 heteroatoms. The second kappa shape index (κ2) is 7.72. The Morgan fingerprint density at radius 2 is 2.04 bits per heavy atom. The molecular formula is C19H19N3O3. The highest BCUT2D eigenvalue weighted by atomic mass is 16.5. The van der Waals surface area contributed by atoms with E-state index in [9.17, 15) is 9.90 Å². The average Bonchev–Trinajstić information content (AvgIpc) is 3.16. The number of nitrogens with zero attached hydrogens (tertiary/aromatic N) is 3. The van der Waals surface area contributed by atoms with Crippen molar-refractivity contribution in [1.82, 2.24) is 15.0 Å². The van der Waals surface area contributed by atoms with Gasteiger partial charge in [0.05, 0.1) is 6.04 Å². The van der Waals surface area contributed by atoms with Crippen LogP contribution in [0.15, 0.2) is 65.4 Å². The Balaban J connectivity index is 1.83. The van der Waals surface area contributed by atoms with Crippen molar-refractivity contribution in [3.05, 3.63) is 72.2 Å². The average molecular weight is 337 g/mol. The Bertz CT molecular complexity index is 818. The summed E-state index contributed by atoms with van der Waals surface area (Å²) in [6, 6.07) is 14.6. The molecule has 128 valence electrons. The lowest BCUT2D eigenvalue weighted by atomic mass is 10.0. The van der Waals surface area contributed by atoms with Crippen molar-refractivity contribution in [2.24, 2.45) is 0 Å².